The first kappa shape index (κ1) is 23.2. The summed E-state index contributed by atoms with van der Waals surface area (Å²) in [7, 11) is 2.23. The molecule has 9 heteroatoms. The Morgan fingerprint density at radius 1 is 0.861 bits per heavy atom. The Hall–Kier alpha value is -3.20. The number of anilines is 3. The quantitative estimate of drug-likeness (QED) is 0.433. The molecule has 6 rings (SSSR count). The van der Waals surface area contributed by atoms with Crippen molar-refractivity contribution < 1.29 is 0 Å². The second-order valence-corrected chi connectivity index (χ2v) is 10.1. The zero-order valence-corrected chi connectivity index (χ0v) is 21.3. The van der Waals surface area contributed by atoms with E-state index in [-0.39, 0.29) is 0 Å². The largest absolute Gasteiger partial charge is 0.369 e. The van der Waals surface area contributed by atoms with Gasteiger partial charge < -0.3 is 15.1 Å². The number of nitrogens with one attached hydrogen (secondary N) is 1. The molecule has 0 radical (unpaired) electrons. The monoisotopic (exact) mass is 502 g/mol. The van der Waals surface area contributed by atoms with Gasteiger partial charge in [-0.25, -0.2) is 14.6 Å². The fourth-order valence-electron chi connectivity index (χ4n) is 5.33. The van der Waals surface area contributed by atoms with Crippen LogP contribution in [0, 0.1) is 0 Å². The molecule has 8 nitrogen and oxygen atoms in total. The summed E-state index contributed by atoms with van der Waals surface area (Å²) in [4.78, 5) is 16.6. The Balaban J connectivity index is 1.15. The van der Waals surface area contributed by atoms with Crippen molar-refractivity contribution in [1.82, 2.24) is 29.5 Å². The van der Waals surface area contributed by atoms with Gasteiger partial charge in [0.15, 0.2) is 5.65 Å². The summed E-state index contributed by atoms with van der Waals surface area (Å²) in [5, 5.41) is 9.41. The maximum atomic E-state index is 6.32. The smallest absolute Gasteiger partial charge is 0.168 e. The van der Waals surface area contributed by atoms with Crippen LogP contribution in [0.15, 0.2) is 61.1 Å². The van der Waals surface area contributed by atoms with Crippen LogP contribution in [0.2, 0.25) is 5.02 Å². The van der Waals surface area contributed by atoms with Crippen molar-refractivity contribution in [2.45, 2.75) is 18.9 Å². The van der Waals surface area contributed by atoms with Gasteiger partial charge in [-0.15, -0.1) is 0 Å². The molecule has 36 heavy (non-hydrogen) atoms. The number of nitrogens with zero attached hydrogens (tertiary/aromatic N) is 7. The molecular weight excluding hydrogens is 472 g/mol. The third-order valence-corrected chi connectivity index (χ3v) is 7.80. The number of likely N-dealkylation sites (tertiary alicyclic amines) is 1. The van der Waals surface area contributed by atoms with E-state index in [9.17, 15) is 0 Å². The van der Waals surface area contributed by atoms with E-state index < -0.39 is 0 Å². The lowest BCUT2D eigenvalue weighted by Crippen LogP contribution is -2.53. The number of aromatic nitrogens is 4. The lowest BCUT2D eigenvalue weighted by Gasteiger charge is -2.42. The van der Waals surface area contributed by atoms with Crippen LogP contribution in [0.25, 0.3) is 16.7 Å². The van der Waals surface area contributed by atoms with Gasteiger partial charge in [0.2, 0.25) is 0 Å². The van der Waals surface area contributed by atoms with Gasteiger partial charge in [0.25, 0.3) is 0 Å². The molecule has 2 aromatic heterocycles. The van der Waals surface area contributed by atoms with Crippen LogP contribution in [0.5, 0.6) is 0 Å². The summed E-state index contributed by atoms with van der Waals surface area (Å²) in [6.07, 6.45) is 5.94. The minimum absolute atomic E-state index is 0.638. The van der Waals surface area contributed by atoms with E-state index in [1.807, 2.05) is 28.9 Å². The fraction of sp³-hybridized carbons (Fsp3) is 0.370. The minimum Gasteiger partial charge on any atom is -0.369 e. The number of rotatable bonds is 5. The molecule has 186 valence electrons. The molecule has 0 unspecified atom stereocenters. The molecule has 2 fully saturated rings. The Kier molecular flexibility index (Phi) is 6.48. The van der Waals surface area contributed by atoms with Crippen molar-refractivity contribution >= 4 is 39.8 Å². The molecule has 0 aliphatic carbocycles. The summed E-state index contributed by atoms with van der Waals surface area (Å²) < 4.78 is 1.86. The molecule has 0 bridgehead atoms. The van der Waals surface area contributed by atoms with Crippen molar-refractivity contribution in [2.24, 2.45) is 0 Å². The van der Waals surface area contributed by atoms with Gasteiger partial charge in [0, 0.05) is 37.9 Å². The number of halogens is 1. The van der Waals surface area contributed by atoms with Gasteiger partial charge in [-0.3, -0.25) is 4.90 Å². The number of piperazine rings is 1. The molecule has 0 amide bonds. The molecule has 2 aliphatic heterocycles. The van der Waals surface area contributed by atoms with E-state index in [4.69, 9.17) is 11.6 Å². The number of fused-ring (bicyclic) bond motifs is 1. The number of hydrogen-bond acceptors (Lipinski definition) is 7. The van der Waals surface area contributed by atoms with Crippen LogP contribution in [0.3, 0.4) is 0 Å². The standard InChI is InChI=1S/C27H31ClN8/c1-33-12-10-21(11-13-33)35-16-14-34(15-17-35)20-6-8-22(9-7-20)36-27-23(18-31-36)26(29-19-30-27)32-25-5-3-2-4-24(25)28/h2-9,18-19,21H,10-17H2,1H3,(H,29,30,32). The highest BCUT2D eigenvalue weighted by Gasteiger charge is 2.26. The van der Waals surface area contributed by atoms with Crippen molar-refractivity contribution in [2.75, 3.05) is 56.5 Å². The van der Waals surface area contributed by atoms with Gasteiger partial charge >= 0.3 is 0 Å². The van der Waals surface area contributed by atoms with Crippen LogP contribution >= 0.6 is 11.6 Å². The number of hydrogen-bond donors (Lipinski definition) is 1. The first-order valence-corrected chi connectivity index (χ1v) is 13.0. The normalized spacial score (nSPS) is 18.1. The van der Waals surface area contributed by atoms with Crippen molar-refractivity contribution in [3.8, 4) is 5.69 Å². The summed E-state index contributed by atoms with van der Waals surface area (Å²) in [5.74, 6) is 0.679. The van der Waals surface area contributed by atoms with E-state index >= 15 is 0 Å². The first-order valence-electron chi connectivity index (χ1n) is 12.6. The highest BCUT2D eigenvalue weighted by molar-refractivity contribution is 6.33. The molecule has 0 spiro atoms. The zero-order chi connectivity index (χ0) is 24.5. The van der Waals surface area contributed by atoms with Crippen LogP contribution in [0.1, 0.15) is 12.8 Å². The van der Waals surface area contributed by atoms with Gasteiger partial charge in [-0.1, -0.05) is 23.7 Å². The summed E-state index contributed by atoms with van der Waals surface area (Å²) in [5.41, 5.74) is 3.78. The lowest BCUT2D eigenvalue weighted by atomic mass is 10.0. The molecule has 4 aromatic rings. The van der Waals surface area contributed by atoms with Crippen LogP contribution in [-0.4, -0.2) is 81.9 Å². The molecule has 0 saturated carbocycles. The topological polar surface area (TPSA) is 65.3 Å². The second-order valence-electron chi connectivity index (χ2n) is 9.69. The Bertz CT molecular complexity index is 1320. The predicted octanol–water partition coefficient (Wildman–Crippen LogP) is 4.43. The van der Waals surface area contributed by atoms with E-state index in [1.54, 1.807) is 12.5 Å². The highest BCUT2D eigenvalue weighted by Crippen LogP contribution is 2.29. The molecule has 2 aromatic carbocycles. The summed E-state index contributed by atoms with van der Waals surface area (Å²) in [6.45, 7) is 6.85. The fourth-order valence-corrected chi connectivity index (χ4v) is 5.52. The van der Waals surface area contributed by atoms with Gasteiger partial charge in [0.1, 0.15) is 12.1 Å². The maximum absolute atomic E-state index is 6.32. The van der Waals surface area contributed by atoms with Gasteiger partial charge in [-0.05, 0) is 69.4 Å². The summed E-state index contributed by atoms with van der Waals surface area (Å²) >= 11 is 6.32. The molecule has 2 aliphatic rings. The van der Waals surface area contributed by atoms with E-state index in [1.165, 1.54) is 31.6 Å². The molecule has 0 atom stereocenters. The third kappa shape index (κ3) is 4.64. The van der Waals surface area contributed by atoms with Gasteiger partial charge in [-0.2, -0.15) is 5.10 Å². The van der Waals surface area contributed by atoms with Crippen molar-refractivity contribution in [1.29, 1.82) is 0 Å². The number of piperidine rings is 1. The number of benzene rings is 2. The number of para-hydroxylation sites is 1. The van der Waals surface area contributed by atoms with Gasteiger partial charge in [0.05, 0.1) is 28.0 Å². The molecular formula is C27H31ClN8. The maximum Gasteiger partial charge on any atom is 0.168 e. The SMILES string of the molecule is CN1CCC(N2CCN(c3ccc(-n4ncc5c(Nc6ccccc6Cl)ncnc54)cc3)CC2)CC1. The Morgan fingerprint density at radius 3 is 2.33 bits per heavy atom. The highest BCUT2D eigenvalue weighted by atomic mass is 35.5. The first-order chi connectivity index (χ1) is 17.7. The minimum atomic E-state index is 0.638. The summed E-state index contributed by atoms with van der Waals surface area (Å²) in [6, 6.07) is 17.0. The molecule has 4 heterocycles. The zero-order valence-electron chi connectivity index (χ0n) is 20.5. The van der Waals surface area contributed by atoms with Crippen LogP contribution < -0.4 is 10.2 Å². The average molecular weight is 503 g/mol. The van der Waals surface area contributed by atoms with Crippen LogP contribution in [-0.2, 0) is 0 Å². The Labute approximate surface area is 216 Å². The second kappa shape index (κ2) is 10.0. The Morgan fingerprint density at radius 2 is 1.58 bits per heavy atom. The van der Waals surface area contributed by atoms with E-state index in [2.05, 4.69) is 66.4 Å². The van der Waals surface area contributed by atoms with E-state index in [0.717, 1.165) is 54.6 Å². The average Bonchev–Trinajstić information content (AvgIpc) is 3.36. The van der Waals surface area contributed by atoms with Crippen molar-refractivity contribution in [3.63, 3.8) is 0 Å². The van der Waals surface area contributed by atoms with E-state index in [0.29, 0.717) is 10.8 Å². The third-order valence-electron chi connectivity index (χ3n) is 7.47. The van der Waals surface area contributed by atoms with Crippen molar-refractivity contribution in [3.05, 3.63) is 66.1 Å². The predicted molar refractivity (Wildman–Crippen MR) is 146 cm³/mol. The lowest BCUT2D eigenvalue weighted by molar-refractivity contribution is 0.115. The molecule has 1 N–H and O–H groups in total. The molecule has 2 saturated heterocycles. The van der Waals surface area contributed by atoms with Crippen LogP contribution in [0.4, 0.5) is 17.2 Å².